The van der Waals surface area contributed by atoms with Crippen LogP contribution in [-0.2, 0) is 9.05 Å². The first-order valence-corrected chi connectivity index (χ1v) is 8.68. The Bertz CT molecular complexity index is 836. The number of aromatic carboxylic acids is 1. The second-order valence-corrected chi connectivity index (χ2v) is 7.52. The molecule has 5 nitrogen and oxygen atoms in total. The molecule has 0 unspecified atom stereocenters. The van der Waals surface area contributed by atoms with E-state index in [0.717, 1.165) is 0 Å². The summed E-state index contributed by atoms with van der Waals surface area (Å²) in [4.78, 5) is 10.8. The lowest BCUT2D eigenvalue weighted by molar-refractivity contribution is 0.0693. The van der Waals surface area contributed by atoms with Crippen LogP contribution in [-0.4, -0.2) is 19.5 Å². The van der Waals surface area contributed by atoms with Gasteiger partial charge >= 0.3 is 5.97 Å². The average Bonchev–Trinajstić information content (AvgIpc) is 2.39. The van der Waals surface area contributed by atoms with Crippen LogP contribution in [0.15, 0.2) is 45.8 Å². The summed E-state index contributed by atoms with van der Waals surface area (Å²) in [6, 6.07) is 8.91. The first kappa shape index (κ1) is 15.8. The number of hydrogen-bond donors (Lipinski definition) is 2. The monoisotopic (exact) mass is 389 g/mol. The van der Waals surface area contributed by atoms with Gasteiger partial charge in [0.15, 0.2) is 0 Å². The molecule has 0 amide bonds. The molecular formula is C13H9BrClNO4S. The number of carboxylic acids is 1. The molecule has 2 aromatic carbocycles. The van der Waals surface area contributed by atoms with Crippen LogP contribution in [0.1, 0.15) is 10.4 Å². The van der Waals surface area contributed by atoms with Crippen molar-refractivity contribution in [3.63, 3.8) is 0 Å². The van der Waals surface area contributed by atoms with E-state index in [1.807, 2.05) is 0 Å². The quantitative estimate of drug-likeness (QED) is 0.619. The van der Waals surface area contributed by atoms with Crippen molar-refractivity contribution in [3.8, 4) is 11.1 Å². The van der Waals surface area contributed by atoms with Crippen LogP contribution in [0.4, 0.5) is 5.69 Å². The van der Waals surface area contributed by atoms with Crippen LogP contribution in [0, 0.1) is 0 Å². The van der Waals surface area contributed by atoms with Gasteiger partial charge in [0.05, 0.1) is 5.56 Å². The Morgan fingerprint density at radius 3 is 2.43 bits per heavy atom. The molecule has 0 radical (unpaired) electrons. The molecule has 2 aromatic rings. The van der Waals surface area contributed by atoms with Crippen LogP contribution in [0.2, 0.25) is 0 Å². The summed E-state index contributed by atoms with van der Waals surface area (Å²) in [5.74, 6) is -1.38. The predicted molar refractivity (Wildman–Crippen MR) is 84.0 cm³/mol. The second-order valence-electron chi connectivity index (χ2n) is 4.16. The molecule has 0 saturated heterocycles. The first-order valence-electron chi connectivity index (χ1n) is 5.58. The highest BCUT2D eigenvalue weighted by atomic mass is 79.9. The molecule has 0 aliphatic carbocycles. The highest BCUT2D eigenvalue weighted by Gasteiger charge is 2.25. The molecule has 21 heavy (non-hydrogen) atoms. The number of rotatable bonds is 3. The van der Waals surface area contributed by atoms with E-state index in [1.54, 1.807) is 12.1 Å². The largest absolute Gasteiger partial charge is 0.478 e. The zero-order valence-corrected chi connectivity index (χ0v) is 13.5. The van der Waals surface area contributed by atoms with Crippen molar-refractivity contribution in [3.05, 3.63) is 46.4 Å². The number of benzene rings is 2. The number of nitrogen functional groups attached to an aromatic ring is 1. The van der Waals surface area contributed by atoms with Crippen molar-refractivity contribution in [1.29, 1.82) is 0 Å². The third-order valence-electron chi connectivity index (χ3n) is 2.77. The van der Waals surface area contributed by atoms with Gasteiger partial charge in [0.2, 0.25) is 0 Å². The minimum Gasteiger partial charge on any atom is -0.478 e. The van der Waals surface area contributed by atoms with Crippen molar-refractivity contribution in [2.45, 2.75) is 4.90 Å². The summed E-state index contributed by atoms with van der Waals surface area (Å²) in [5, 5.41) is 9.16. The summed E-state index contributed by atoms with van der Waals surface area (Å²) in [6.07, 6.45) is 0. The number of carboxylic acid groups (broad SMARTS) is 1. The third-order valence-corrected chi connectivity index (χ3v) is 4.85. The fourth-order valence-electron chi connectivity index (χ4n) is 1.93. The molecule has 110 valence electrons. The number of hydrogen-bond acceptors (Lipinski definition) is 4. The third kappa shape index (κ3) is 3.20. The Hall–Kier alpha value is -1.57. The normalized spacial score (nSPS) is 11.3. The van der Waals surface area contributed by atoms with E-state index < -0.39 is 25.5 Å². The summed E-state index contributed by atoms with van der Waals surface area (Å²) >= 11 is 3.29. The molecule has 0 bridgehead atoms. The van der Waals surface area contributed by atoms with E-state index >= 15 is 0 Å². The molecule has 8 heteroatoms. The smallest absolute Gasteiger partial charge is 0.337 e. The van der Waals surface area contributed by atoms with Gasteiger partial charge in [-0.25, -0.2) is 13.2 Å². The van der Waals surface area contributed by atoms with Gasteiger partial charge < -0.3 is 10.8 Å². The molecule has 2 rings (SSSR count). The minimum atomic E-state index is -4.26. The van der Waals surface area contributed by atoms with Gasteiger partial charge in [0, 0.05) is 26.4 Å². The standard InChI is InChI=1S/C13H9BrClNO4S/c14-11-5-4-7(16)6-10(11)8-2-1-3-9(13(17)18)12(8)21(15,19)20/h1-6H,16H2,(H,17,18). The second kappa shape index (κ2) is 5.67. The zero-order valence-electron chi connectivity index (χ0n) is 10.4. The van der Waals surface area contributed by atoms with E-state index in [2.05, 4.69) is 15.9 Å². The summed E-state index contributed by atoms with van der Waals surface area (Å²) in [5.41, 5.74) is 6.33. The van der Waals surface area contributed by atoms with Gasteiger partial charge in [-0.1, -0.05) is 28.1 Å². The molecule has 0 heterocycles. The molecule has 0 fully saturated rings. The highest BCUT2D eigenvalue weighted by Crippen LogP contribution is 2.37. The van der Waals surface area contributed by atoms with Crippen LogP contribution in [0.3, 0.4) is 0 Å². The number of halogens is 2. The van der Waals surface area contributed by atoms with Gasteiger partial charge in [-0.2, -0.15) is 0 Å². The average molecular weight is 391 g/mol. The Balaban J connectivity index is 2.90. The topological polar surface area (TPSA) is 97.5 Å². The van der Waals surface area contributed by atoms with Crippen molar-refractivity contribution in [1.82, 2.24) is 0 Å². The zero-order chi connectivity index (χ0) is 15.8. The Morgan fingerprint density at radius 2 is 1.86 bits per heavy atom. The minimum absolute atomic E-state index is 0.170. The van der Waals surface area contributed by atoms with Crippen molar-refractivity contribution in [2.75, 3.05) is 5.73 Å². The maximum atomic E-state index is 11.8. The van der Waals surface area contributed by atoms with Gasteiger partial charge in [-0.05, 0) is 29.8 Å². The Labute approximate surface area is 133 Å². The summed E-state index contributed by atoms with van der Waals surface area (Å²) in [7, 11) is 1.16. The predicted octanol–water partition coefficient (Wildman–Crippen LogP) is 3.32. The molecule has 0 spiro atoms. The first-order chi connectivity index (χ1) is 9.71. The van der Waals surface area contributed by atoms with E-state index in [1.165, 1.54) is 24.3 Å². The molecule has 0 saturated carbocycles. The lowest BCUT2D eigenvalue weighted by Crippen LogP contribution is -2.07. The number of nitrogens with two attached hydrogens (primary N) is 1. The molecule has 3 N–H and O–H groups in total. The lowest BCUT2D eigenvalue weighted by Gasteiger charge is -2.12. The Morgan fingerprint density at radius 1 is 1.19 bits per heavy atom. The maximum Gasteiger partial charge on any atom is 0.337 e. The highest BCUT2D eigenvalue weighted by molar-refractivity contribution is 9.10. The van der Waals surface area contributed by atoms with E-state index in [-0.39, 0.29) is 5.56 Å². The number of anilines is 1. The molecule has 0 atom stereocenters. The van der Waals surface area contributed by atoms with Crippen molar-refractivity contribution in [2.24, 2.45) is 0 Å². The molecular weight excluding hydrogens is 382 g/mol. The fraction of sp³-hybridized carbons (Fsp3) is 0. The molecule has 0 aliphatic rings. The number of carbonyl (C=O) groups is 1. The van der Waals surface area contributed by atoms with Crippen molar-refractivity contribution < 1.29 is 18.3 Å². The van der Waals surface area contributed by atoms with E-state index in [0.29, 0.717) is 15.7 Å². The SMILES string of the molecule is Nc1ccc(Br)c(-c2cccc(C(=O)O)c2S(=O)(=O)Cl)c1. The van der Waals surface area contributed by atoms with Crippen LogP contribution >= 0.6 is 26.6 Å². The van der Waals surface area contributed by atoms with Crippen LogP contribution < -0.4 is 5.73 Å². The molecule has 0 aromatic heterocycles. The van der Waals surface area contributed by atoms with E-state index in [4.69, 9.17) is 21.5 Å². The van der Waals surface area contributed by atoms with E-state index in [9.17, 15) is 13.2 Å². The van der Waals surface area contributed by atoms with Gasteiger partial charge in [-0.15, -0.1) is 0 Å². The maximum absolute atomic E-state index is 11.8. The fourth-order valence-corrected chi connectivity index (χ4v) is 3.75. The van der Waals surface area contributed by atoms with Crippen LogP contribution in [0.5, 0.6) is 0 Å². The lowest BCUT2D eigenvalue weighted by atomic mass is 10.0. The summed E-state index contributed by atoms with van der Waals surface area (Å²) in [6.45, 7) is 0. The van der Waals surface area contributed by atoms with Gasteiger partial charge in [0.25, 0.3) is 9.05 Å². The Kier molecular flexibility index (Phi) is 4.27. The summed E-state index contributed by atoms with van der Waals surface area (Å²) < 4.78 is 24.2. The van der Waals surface area contributed by atoms with Gasteiger partial charge in [0.1, 0.15) is 4.90 Å². The molecule has 0 aliphatic heterocycles. The van der Waals surface area contributed by atoms with Crippen LogP contribution in [0.25, 0.3) is 11.1 Å². The van der Waals surface area contributed by atoms with Gasteiger partial charge in [-0.3, -0.25) is 0 Å². The van der Waals surface area contributed by atoms with Crippen molar-refractivity contribution >= 4 is 47.3 Å².